The highest BCUT2D eigenvalue weighted by molar-refractivity contribution is 7.26. The van der Waals surface area contributed by atoms with Gasteiger partial charge in [-0.2, -0.15) is 0 Å². The molecule has 0 radical (unpaired) electrons. The smallest absolute Gasteiger partial charge is 0.235 e. The van der Waals surface area contributed by atoms with Crippen molar-refractivity contribution in [3.05, 3.63) is 170 Å². The quantitative estimate of drug-likeness (QED) is 0.187. The van der Waals surface area contributed by atoms with Gasteiger partial charge in [0.1, 0.15) is 0 Å². The molecule has 4 heterocycles. The molecular weight excluding hydrogens is 641 g/mol. The minimum Gasteiger partial charge on any atom is -0.309 e. The van der Waals surface area contributed by atoms with Crippen LogP contribution in [0.5, 0.6) is 0 Å². The van der Waals surface area contributed by atoms with Crippen molar-refractivity contribution in [3.8, 4) is 34.0 Å². The summed E-state index contributed by atoms with van der Waals surface area (Å²) in [5.41, 5.74) is 10.0. The Bertz CT molecular complexity index is 3110. The first-order chi connectivity index (χ1) is 25.3. The second-order valence-corrected chi connectivity index (χ2v) is 14.1. The summed E-state index contributed by atoms with van der Waals surface area (Å²) >= 11 is 1.86. The predicted octanol–water partition coefficient (Wildman–Crippen LogP) is 12.4. The van der Waals surface area contributed by atoms with Crippen molar-refractivity contribution in [1.29, 1.82) is 0 Å². The fraction of sp³-hybridized carbons (Fsp3) is 0. The Morgan fingerprint density at radius 2 is 1.04 bits per heavy atom. The Morgan fingerprint density at radius 3 is 1.82 bits per heavy atom. The lowest BCUT2D eigenvalue weighted by Gasteiger charge is -2.11. The Labute approximate surface area is 297 Å². The molecule has 0 fully saturated rings. The Morgan fingerprint density at radius 1 is 0.431 bits per heavy atom. The van der Waals surface area contributed by atoms with E-state index in [9.17, 15) is 0 Å². The summed E-state index contributed by atoms with van der Waals surface area (Å²) in [6.07, 6.45) is 1.88. The van der Waals surface area contributed by atoms with Gasteiger partial charge in [-0.15, -0.1) is 11.3 Å². The first-order valence-corrected chi connectivity index (χ1v) is 18.0. The zero-order valence-electron chi connectivity index (χ0n) is 27.4. The Balaban J connectivity index is 1.06. The van der Waals surface area contributed by atoms with Crippen LogP contribution in [-0.2, 0) is 0 Å². The average Bonchev–Trinajstić information content (AvgIpc) is 3.86. The Kier molecular flexibility index (Phi) is 6.09. The molecule has 4 nitrogen and oxygen atoms in total. The molecule has 0 bridgehead atoms. The molecule has 7 aromatic carbocycles. The molecule has 4 aromatic heterocycles. The molecule has 11 rings (SSSR count). The predicted molar refractivity (Wildman–Crippen MR) is 214 cm³/mol. The summed E-state index contributed by atoms with van der Waals surface area (Å²) in [5, 5.41) is 7.45. The van der Waals surface area contributed by atoms with Crippen LogP contribution in [-0.4, -0.2) is 19.1 Å². The second-order valence-electron chi connectivity index (χ2n) is 13.0. The summed E-state index contributed by atoms with van der Waals surface area (Å²) in [6.45, 7) is 0. The molecule has 0 aliphatic carbocycles. The first kappa shape index (κ1) is 28.3. The zero-order valence-corrected chi connectivity index (χ0v) is 28.2. The maximum Gasteiger partial charge on any atom is 0.235 e. The van der Waals surface area contributed by atoms with Crippen molar-refractivity contribution in [1.82, 2.24) is 19.1 Å². The highest BCUT2D eigenvalue weighted by Crippen LogP contribution is 2.41. The van der Waals surface area contributed by atoms with Crippen LogP contribution in [0.2, 0.25) is 0 Å². The van der Waals surface area contributed by atoms with E-state index in [1.807, 2.05) is 23.6 Å². The van der Waals surface area contributed by atoms with Gasteiger partial charge in [0.25, 0.3) is 0 Å². The first-order valence-electron chi connectivity index (χ1n) is 17.2. The van der Waals surface area contributed by atoms with Crippen molar-refractivity contribution in [3.63, 3.8) is 0 Å². The highest BCUT2D eigenvalue weighted by atomic mass is 32.1. The van der Waals surface area contributed by atoms with Crippen molar-refractivity contribution < 1.29 is 0 Å². The lowest BCUT2D eigenvalue weighted by Crippen LogP contribution is -2.02. The normalized spacial score (nSPS) is 11.9. The molecule has 0 N–H and O–H groups in total. The number of hydrogen-bond donors (Lipinski definition) is 0. The van der Waals surface area contributed by atoms with Gasteiger partial charge in [0.15, 0.2) is 0 Å². The molecule has 5 heteroatoms. The zero-order chi connectivity index (χ0) is 33.5. The van der Waals surface area contributed by atoms with Crippen LogP contribution < -0.4 is 0 Å². The third-order valence-electron chi connectivity index (χ3n) is 10.2. The number of benzene rings is 7. The molecular formula is C46H28N4S. The highest BCUT2D eigenvalue weighted by Gasteiger charge is 2.18. The van der Waals surface area contributed by atoms with Gasteiger partial charge < -0.3 is 4.57 Å². The van der Waals surface area contributed by atoms with E-state index in [0.29, 0.717) is 5.95 Å². The van der Waals surface area contributed by atoms with E-state index in [1.54, 1.807) is 0 Å². The fourth-order valence-corrected chi connectivity index (χ4v) is 9.19. The van der Waals surface area contributed by atoms with Gasteiger partial charge in [-0.05, 0) is 65.7 Å². The van der Waals surface area contributed by atoms with Gasteiger partial charge in [0.2, 0.25) is 5.95 Å². The molecule has 0 saturated heterocycles. The van der Waals surface area contributed by atoms with Crippen molar-refractivity contribution in [2.24, 2.45) is 0 Å². The van der Waals surface area contributed by atoms with Gasteiger partial charge in [-0.1, -0.05) is 109 Å². The van der Waals surface area contributed by atoms with Gasteiger partial charge in [0, 0.05) is 59.2 Å². The topological polar surface area (TPSA) is 35.6 Å². The number of hydrogen-bond acceptors (Lipinski definition) is 3. The van der Waals surface area contributed by atoms with E-state index < -0.39 is 0 Å². The van der Waals surface area contributed by atoms with Crippen LogP contribution in [0.4, 0.5) is 0 Å². The molecule has 0 amide bonds. The minimum absolute atomic E-state index is 0.653. The SMILES string of the molecule is c1cc(-c2ccnc(-n3c4ccccc4c4cc(-n5c6ccccc6c6ccccc65)ccc43)n2)cc(-c2cccc3c2sc2ccccc23)c1. The van der Waals surface area contributed by atoms with Gasteiger partial charge in [0.05, 0.1) is 27.8 Å². The minimum atomic E-state index is 0.653. The van der Waals surface area contributed by atoms with E-state index in [4.69, 9.17) is 9.97 Å². The summed E-state index contributed by atoms with van der Waals surface area (Å²) in [5.74, 6) is 0.653. The molecule has 0 aliphatic heterocycles. The fourth-order valence-electron chi connectivity index (χ4n) is 7.95. The van der Waals surface area contributed by atoms with Crippen LogP contribution in [0.3, 0.4) is 0 Å². The molecule has 0 unspecified atom stereocenters. The third-order valence-corrected chi connectivity index (χ3v) is 11.4. The van der Waals surface area contributed by atoms with Crippen molar-refractivity contribution in [2.45, 2.75) is 0 Å². The summed E-state index contributed by atoms with van der Waals surface area (Å²) in [7, 11) is 0. The molecule has 11 aromatic rings. The largest absolute Gasteiger partial charge is 0.309 e. The lowest BCUT2D eigenvalue weighted by atomic mass is 10.00. The maximum absolute atomic E-state index is 5.22. The molecule has 0 spiro atoms. The van der Waals surface area contributed by atoms with E-state index in [1.165, 1.54) is 58.5 Å². The number of nitrogens with zero attached hydrogens (tertiary/aromatic N) is 4. The molecule has 0 saturated carbocycles. The number of rotatable bonds is 4. The number of thiophene rings is 1. The maximum atomic E-state index is 5.22. The van der Waals surface area contributed by atoms with Gasteiger partial charge in [-0.3, -0.25) is 4.57 Å². The summed E-state index contributed by atoms with van der Waals surface area (Å²) in [6, 6.07) is 58.7. The van der Waals surface area contributed by atoms with Crippen molar-refractivity contribution in [2.75, 3.05) is 0 Å². The molecule has 51 heavy (non-hydrogen) atoms. The number of fused-ring (bicyclic) bond motifs is 9. The van der Waals surface area contributed by atoms with Crippen LogP contribution in [0, 0.1) is 0 Å². The molecule has 0 atom stereocenters. The average molecular weight is 669 g/mol. The van der Waals surface area contributed by atoms with Crippen LogP contribution in [0.1, 0.15) is 0 Å². The molecule has 0 aliphatic rings. The van der Waals surface area contributed by atoms with E-state index in [0.717, 1.165) is 33.4 Å². The van der Waals surface area contributed by atoms with Crippen LogP contribution >= 0.6 is 11.3 Å². The van der Waals surface area contributed by atoms with E-state index >= 15 is 0 Å². The standard InChI is InChI=1S/C46H28N4S/c1-5-19-40-33(13-1)34-14-2-6-20-41(34)49(40)31-23-24-43-38(28-31)35-15-3-7-21-42(35)50(43)46-47-26-25-39(48-46)30-12-9-11-29(27-30)32-17-10-18-37-36-16-4-8-22-44(36)51-45(32)37/h1-28H. The second kappa shape index (κ2) is 11.0. The van der Waals surface area contributed by atoms with Gasteiger partial charge >= 0.3 is 0 Å². The third kappa shape index (κ3) is 4.25. The van der Waals surface area contributed by atoms with E-state index in [2.05, 4.69) is 167 Å². The monoisotopic (exact) mass is 668 g/mol. The van der Waals surface area contributed by atoms with Crippen LogP contribution in [0.15, 0.2) is 170 Å². The molecule has 238 valence electrons. The lowest BCUT2D eigenvalue weighted by molar-refractivity contribution is 0.992. The summed E-state index contributed by atoms with van der Waals surface area (Å²) < 4.78 is 7.19. The van der Waals surface area contributed by atoms with E-state index in [-0.39, 0.29) is 0 Å². The van der Waals surface area contributed by atoms with Crippen molar-refractivity contribution >= 4 is 75.1 Å². The summed E-state index contributed by atoms with van der Waals surface area (Å²) in [4.78, 5) is 10.1. The van der Waals surface area contributed by atoms with Crippen LogP contribution in [0.25, 0.3) is 97.8 Å². The number of para-hydroxylation sites is 3. The number of aromatic nitrogens is 4. The van der Waals surface area contributed by atoms with Gasteiger partial charge in [-0.25, -0.2) is 9.97 Å². The Hall–Kier alpha value is -6.56.